The first-order valence-electron chi connectivity index (χ1n) is 5.90. The molecule has 17 heavy (non-hydrogen) atoms. The number of aryl methyl sites for hydroxylation is 1. The topological polar surface area (TPSA) is 61.4 Å². The van der Waals surface area contributed by atoms with Crippen LogP contribution in [0.2, 0.25) is 0 Å². The lowest BCUT2D eigenvalue weighted by Crippen LogP contribution is -2.39. The number of hydrogen-bond donors (Lipinski definition) is 3. The molecule has 2 atom stereocenters. The van der Waals surface area contributed by atoms with Crippen LogP contribution in [0, 0.1) is 6.92 Å². The summed E-state index contributed by atoms with van der Waals surface area (Å²) in [6, 6.07) is 7.81. The number of nitrogens with one attached hydrogen (secondary N) is 2. The van der Waals surface area contributed by atoms with Crippen LogP contribution < -0.4 is 10.6 Å². The number of hydrogen-bond acceptors (Lipinski definition) is 3. The smallest absolute Gasteiger partial charge is 0.237 e. The molecule has 1 heterocycles. The van der Waals surface area contributed by atoms with E-state index in [0.29, 0.717) is 19.5 Å². The summed E-state index contributed by atoms with van der Waals surface area (Å²) in [6.45, 7) is 3.07. The molecule has 1 aliphatic heterocycles. The number of carbonyl (C=O) groups excluding carboxylic acids is 1. The Hall–Kier alpha value is -1.39. The SMILES string of the molecule is Cc1ccc(CNC(=O)C2CC(O)CN2)cc1. The predicted octanol–water partition coefficient (Wildman–Crippen LogP) is 0.334. The van der Waals surface area contributed by atoms with Gasteiger partial charge in [0.15, 0.2) is 0 Å². The number of β-amino-alcohol motifs (C(OH)–C–C–N with tert-alkyl or cyclic N) is 1. The Morgan fingerprint density at radius 3 is 2.76 bits per heavy atom. The first-order chi connectivity index (χ1) is 8.15. The summed E-state index contributed by atoms with van der Waals surface area (Å²) in [5, 5.41) is 15.2. The minimum absolute atomic E-state index is 0.0397. The molecule has 2 unspecified atom stereocenters. The van der Waals surface area contributed by atoms with E-state index in [0.717, 1.165) is 5.56 Å². The van der Waals surface area contributed by atoms with Crippen molar-refractivity contribution in [3.8, 4) is 0 Å². The highest BCUT2D eigenvalue weighted by Crippen LogP contribution is 2.07. The van der Waals surface area contributed by atoms with Crippen molar-refractivity contribution in [2.45, 2.75) is 32.0 Å². The van der Waals surface area contributed by atoms with Gasteiger partial charge in [0.1, 0.15) is 0 Å². The zero-order chi connectivity index (χ0) is 12.3. The van der Waals surface area contributed by atoms with Gasteiger partial charge in [0.25, 0.3) is 0 Å². The largest absolute Gasteiger partial charge is 0.392 e. The second-order valence-electron chi connectivity index (χ2n) is 4.55. The van der Waals surface area contributed by atoms with Gasteiger partial charge in [-0.05, 0) is 18.9 Å². The van der Waals surface area contributed by atoms with E-state index < -0.39 is 6.10 Å². The van der Waals surface area contributed by atoms with Crippen molar-refractivity contribution in [1.82, 2.24) is 10.6 Å². The molecule has 0 bridgehead atoms. The van der Waals surface area contributed by atoms with Crippen LogP contribution in [-0.4, -0.2) is 29.7 Å². The lowest BCUT2D eigenvalue weighted by Gasteiger charge is -2.11. The van der Waals surface area contributed by atoms with Gasteiger partial charge in [-0.2, -0.15) is 0 Å². The normalized spacial score (nSPS) is 23.6. The van der Waals surface area contributed by atoms with Crippen LogP contribution in [0.1, 0.15) is 17.5 Å². The first-order valence-corrected chi connectivity index (χ1v) is 5.90. The summed E-state index contributed by atoms with van der Waals surface area (Å²) in [7, 11) is 0. The second kappa shape index (κ2) is 5.29. The molecule has 0 spiro atoms. The number of aliphatic hydroxyl groups excluding tert-OH is 1. The molecule has 0 aromatic heterocycles. The Labute approximate surface area is 101 Å². The summed E-state index contributed by atoms with van der Waals surface area (Å²) in [5.41, 5.74) is 2.29. The van der Waals surface area contributed by atoms with Crippen molar-refractivity contribution in [3.63, 3.8) is 0 Å². The summed E-state index contributed by atoms with van der Waals surface area (Å²) in [6.07, 6.45) is 0.102. The highest BCUT2D eigenvalue weighted by atomic mass is 16.3. The van der Waals surface area contributed by atoms with E-state index in [1.54, 1.807) is 0 Å². The molecule has 1 saturated heterocycles. The highest BCUT2D eigenvalue weighted by Gasteiger charge is 2.27. The fraction of sp³-hybridized carbons (Fsp3) is 0.462. The number of aliphatic hydroxyl groups is 1. The van der Waals surface area contributed by atoms with Crippen LogP contribution >= 0.6 is 0 Å². The lowest BCUT2D eigenvalue weighted by atomic mass is 10.1. The summed E-state index contributed by atoms with van der Waals surface area (Å²) in [5.74, 6) is -0.0397. The van der Waals surface area contributed by atoms with E-state index in [1.165, 1.54) is 5.56 Å². The second-order valence-corrected chi connectivity index (χ2v) is 4.55. The molecule has 0 aliphatic carbocycles. The average molecular weight is 234 g/mol. The molecule has 3 N–H and O–H groups in total. The standard InChI is InChI=1S/C13H18N2O2/c1-9-2-4-10(5-3-9)7-15-13(17)12-6-11(16)8-14-12/h2-5,11-12,14,16H,6-8H2,1H3,(H,15,17). The van der Waals surface area contributed by atoms with Gasteiger partial charge < -0.3 is 15.7 Å². The summed E-state index contributed by atoms with van der Waals surface area (Å²) < 4.78 is 0. The van der Waals surface area contributed by atoms with Crippen LogP contribution in [0.15, 0.2) is 24.3 Å². The van der Waals surface area contributed by atoms with E-state index in [9.17, 15) is 9.90 Å². The molecule has 1 aromatic rings. The van der Waals surface area contributed by atoms with Gasteiger partial charge in [0, 0.05) is 13.1 Å². The van der Waals surface area contributed by atoms with Crippen molar-refractivity contribution in [2.24, 2.45) is 0 Å². The lowest BCUT2D eigenvalue weighted by molar-refractivity contribution is -0.123. The third-order valence-corrected chi connectivity index (χ3v) is 3.01. The van der Waals surface area contributed by atoms with E-state index in [-0.39, 0.29) is 11.9 Å². The Kier molecular flexibility index (Phi) is 3.76. The van der Waals surface area contributed by atoms with Crippen molar-refractivity contribution in [2.75, 3.05) is 6.54 Å². The predicted molar refractivity (Wildman–Crippen MR) is 65.4 cm³/mol. The molecule has 92 valence electrons. The van der Waals surface area contributed by atoms with Crippen LogP contribution in [-0.2, 0) is 11.3 Å². The van der Waals surface area contributed by atoms with Gasteiger partial charge in [-0.25, -0.2) is 0 Å². The van der Waals surface area contributed by atoms with Crippen LogP contribution in [0.5, 0.6) is 0 Å². The third-order valence-electron chi connectivity index (χ3n) is 3.01. The summed E-state index contributed by atoms with van der Waals surface area (Å²) in [4.78, 5) is 11.7. The maximum Gasteiger partial charge on any atom is 0.237 e. The molecule has 0 saturated carbocycles. The van der Waals surface area contributed by atoms with Gasteiger partial charge in [0.2, 0.25) is 5.91 Å². The molecular formula is C13H18N2O2. The van der Waals surface area contributed by atoms with Crippen molar-refractivity contribution >= 4 is 5.91 Å². The van der Waals surface area contributed by atoms with Crippen LogP contribution in [0.25, 0.3) is 0 Å². The van der Waals surface area contributed by atoms with Gasteiger partial charge in [-0.3, -0.25) is 4.79 Å². The minimum atomic E-state index is -0.398. The Balaban J connectivity index is 1.82. The first kappa shape index (κ1) is 12.1. The fourth-order valence-corrected chi connectivity index (χ4v) is 1.94. The van der Waals surface area contributed by atoms with Gasteiger partial charge in [-0.1, -0.05) is 29.8 Å². The molecular weight excluding hydrogens is 216 g/mol. The molecule has 0 radical (unpaired) electrons. The van der Waals surface area contributed by atoms with Crippen LogP contribution in [0.4, 0.5) is 0 Å². The molecule has 1 aliphatic rings. The van der Waals surface area contributed by atoms with Crippen LogP contribution in [0.3, 0.4) is 0 Å². The molecule has 4 heteroatoms. The number of amides is 1. The Bertz CT molecular complexity index is 389. The Morgan fingerprint density at radius 1 is 1.47 bits per heavy atom. The van der Waals surface area contributed by atoms with Gasteiger partial charge >= 0.3 is 0 Å². The highest BCUT2D eigenvalue weighted by molar-refractivity contribution is 5.82. The Morgan fingerprint density at radius 2 is 2.18 bits per heavy atom. The van der Waals surface area contributed by atoms with E-state index in [1.807, 2.05) is 31.2 Å². The number of carbonyl (C=O) groups is 1. The third kappa shape index (κ3) is 3.28. The quantitative estimate of drug-likeness (QED) is 0.706. The molecule has 1 fully saturated rings. The monoisotopic (exact) mass is 234 g/mol. The van der Waals surface area contributed by atoms with E-state index in [4.69, 9.17) is 0 Å². The summed E-state index contributed by atoms with van der Waals surface area (Å²) >= 11 is 0. The van der Waals surface area contributed by atoms with Gasteiger partial charge in [0.05, 0.1) is 12.1 Å². The zero-order valence-electron chi connectivity index (χ0n) is 9.94. The van der Waals surface area contributed by atoms with Crippen molar-refractivity contribution < 1.29 is 9.90 Å². The maximum atomic E-state index is 11.7. The molecule has 1 amide bonds. The number of benzene rings is 1. The molecule has 1 aromatic carbocycles. The van der Waals surface area contributed by atoms with Crippen molar-refractivity contribution in [1.29, 1.82) is 0 Å². The molecule has 2 rings (SSSR count). The van der Waals surface area contributed by atoms with E-state index >= 15 is 0 Å². The molecule has 4 nitrogen and oxygen atoms in total. The van der Waals surface area contributed by atoms with Gasteiger partial charge in [-0.15, -0.1) is 0 Å². The van der Waals surface area contributed by atoms with E-state index in [2.05, 4.69) is 10.6 Å². The number of rotatable bonds is 3. The zero-order valence-corrected chi connectivity index (χ0v) is 9.94. The maximum absolute atomic E-state index is 11.7. The van der Waals surface area contributed by atoms with Crippen molar-refractivity contribution in [3.05, 3.63) is 35.4 Å². The fourth-order valence-electron chi connectivity index (χ4n) is 1.94. The average Bonchev–Trinajstić information content (AvgIpc) is 2.75. The minimum Gasteiger partial charge on any atom is -0.392 e.